The van der Waals surface area contributed by atoms with Gasteiger partial charge in [0, 0.05) is 33.3 Å². The van der Waals surface area contributed by atoms with Crippen molar-refractivity contribution in [1.29, 1.82) is 0 Å². The molecule has 0 saturated heterocycles. The fourth-order valence-electron chi connectivity index (χ4n) is 3.67. The first-order valence-electron chi connectivity index (χ1n) is 9.83. The number of amides is 1. The monoisotopic (exact) mass is 387 g/mol. The fourth-order valence-corrected chi connectivity index (χ4v) is 3.67. The zero-order valence-electron chi connectivity index (χ0n) is 16.8. The highest BCUT2D eigenvalue weighted by Crippen LogP contribution is 2.25. The molecule has 0 aromatic carbocycles. The summed E-state index contributed by atoms with van der Waals surface area (Å²) in [6.07, 6.45) is 7.73. The van der Waals surface area contributed by atoms with E-state index < -0.39 is 11.9 Å². The predicted molar refractivity (Wildman–Crippen MR) is 105 cm³/mol. The summed E-state index contributed by atoms with van der Waals surface area (Å²) in [7, 11) is 3.89. The molecule has 1 fully saturated rings. The summed E-state index contributed by atoms with van der Waals surface area (Å²) in [5, 5.41) is 11.4. The topological polar surface area (TPSA) is 97.9 Å². The molecule has 1 saturated carbocycles. The number of nitrogens with zero attached hydrogens (tertiary/aromatic N) is 6. The Bertz CT molecular complexity index is 805. The van der Waals surface area contributed by atoms with Crippen molar-refractivity contribution in [3.05, 3.63) is 23.9 Å². The Kier molecular flexibility index (Phi) is 6.43. The summed E-state index contributed by atoms with van der Waals surface area (Å²) in [6.45, 7) is 3.24. The molecule has 0 spiro atoms. The quantitative estimate of drug-likeness (QED) is 0.654. The predicted octanol–water partition coefficient (Wildman–Crippen LogP) is 1.43. The molecule has 1 atom stereocenters. The van der Waals surface area contributed by atoms with Crippen LogP contribution in [0, 0.1) is 12.8 Å². The van der Waals surface area contributed by atoms with Crippen molar-refractivity contribution in [3.8, 4) is 0 Å². The minimum Gasteiger partial charge on any atom is -0.363 e. The van der Waals surface area contributed by atoms with E-state index in [0.717, 1.165) is 24.3 Å². The largest absolute Gasteiger partial charge is 0.363 e. The third kappa shape index (κ3) is 4.96. The zero-order valence-corrected chi connectivity index (χ0v) is 16.8. The van der Waals surface area contributed by atoms with Crippen molar-refractivity contribution in [1.82, 2.24) is 29.9 Å². The van der Waals surface area contributed by atoms with E-state index in [-0.39, 0.29) is 5.82 Å². The van der Waals surface area contributed by atoms with E-state index in [1.165, 1.54) is 25.7 Å². The van der Waals surface area contributed by atoms with Gasteiger partial charge in [-0.25, -0.2) is 9.67 Å². The number of anilines is 1. The molecule has 1 amide bonds. The molecule has 9 nitrogen and oxygen atoms in total. The van der Waals surface area contributed by atoms with Crippen LogP contribution in [0.2, 0.25) is 0 Å². The summed E-state index contributed by atoms with van der Waals surface area (Å²) >= 11 is 0. The summed E-state index contributed by atoms with van der Waals surface area (Å²) in [5.74, 6) is 1.25. The normalized spacial score (nSPS) is 15.5. The van der Waals surface area contributed by atoms with Crippen molar-refractivity contribution >= 4 is 18.0 Å². The van der Waals surface area contributed by atoms with Crippen molar-refractivity contribution < 1.29 is 9.59 Å². The number of hydrogen-bond acceptors (Lipinski definition) is 6. The molecule has 0 bridgehead atoms. The Hall–Kier alpha value is -2.71. The van der Waals surface area contributed by atoms with Crippen LogP contribution in [0.25, 0.3) is 0 Å². The molecule has 2 aromatic heterocycles. The molecule has 28 heavy (non-hydrogen) atoms. The number of aryl methyl sites for hydroxylation is 2. The number of aldehydes is 1. The second-order valence-electron chi connectivity index (χ2n) is 7.71. The molecule has 1 N–H and O–H groups in total. The SMILES string of the molecule is Cc1cc(N(C)C)n(CCC(C=O)NC(=O)c2ncn(CC3CCCC3)n2)n1. The van der Waals surface area contributed by atoms with Crippen LogP contribution in [0.15, 0.2) is 12.4 Å². The van der Waals surface area contributed by atoms with Gasteiger partial charge in [-0.3, -0.25) is 9.48 Å². The molecule has 1 unspecified atom stereocenters. The van der Waals surface area contributed by atoms with E-state index in [2.05, 4.69) is 20.5 Å². The standard InChI is InChI=1S/C19H29N7O2/c1-14-10-17(24(2)3)26(22-14)9-8-16(12-27)21-19(28)18-20-13-25(23-18)11-15-6-4-5-7-15/h10,12-13,15-16H,4-9,11H2,1-3H3,(H,21,28). The number of hydrogen-bond donors (Lipinski definition) is 1. The molecular formula is C19H29N7O2. The number of rotatable bonds is 9. The van der Waals surface area contributed by atoms with Gasteiger partial charge in [-0.1, -0.05) is 12.8 Å². The summed E-state index contributed by atoms with van der Waals surface area (Å²) < 4.78 is 3.57. The van der Waals surface area contributed by atoms with Crippen molar-refractivity contribution in [2.45, 2.75) is 58.2 Å². The van der Waals surface area contributed by atoms with Crippen LogP contribution in [-0.4, -0.2) is 56.9 Å². The van der Waals surface area contributed by atoms with Crippen LogP contribution < -0.4 is 10.2 Å². The maximum atomic E-state index is 12.4. The van der Waals surface area contributed by atoms with Gasteiger partial charge in [0.25, 0.3) is 5.91 Å². The zero-order chi connectivity index (χ0) is 20.1. The molecule has 1 aliphatic carbocycles. The average molecular weight is 387 g/mol. The molecule has 2 heterocycles. The van der Waals surface area contributed by atoms with Gasteiger partial charge in [0.2, 0.25) is 5.82 Å². The Morgan fingerprint density at radius 1 is 1.36 bits per heavy atom. The van der Waals surface area contributed by atoms with Crippen molar-refractivity contribution in [2.75, 3.05) is 19.0 Å². The second kappa shape index (κ2) is 8.99. The molecule has 0 aliphatic heterocycles. The summed E-state index contributed by atoms with van der Waals surface area (Å²) in [5.41, 5.74) is 0.910. The lowest BCUT2D eigenvalue weighted by Gasteiger charge is -2.16. The van der Waals surface area contributed by atoms with Crippen molar-refractivity contribution in [3.63, 3.8) is 0 Å². The van der Waals surface area contributed by atoms with E-state index in [1.54, 1.807) is 11.0 Å². The second-order valence-corrected chi connectivity index (χ2v) is 7.71. The van der Waals surface area contributed by atoms with Gasteiger partial charge in [0.15, 0.2) is 0 Å². The van der Waals surface area contributed by atoms with Crippen LogP contribution in [0.3, 0.4) is 0 Å². The molecule has 1 aliphatic rings. The first kappa shape index (κ1) is 20.0. The molecule has 2 aromatic rings. The van der Waals surface area contributed by atoms with E-state index in [1.807, 2.05) is 36.7 Å². The minimum absolute atomic E-state index is 0.105. The van der Waals surface area contributed by atoms with Crippen LogP contribution in [0.1, 0.15) is 48.4 Å². The maximum Gasteiger partial charge on any atom is 0.291 e. The highest BCUT2D eigenvalue weighted by atomic mass is 16.2. The molecule has 0 radical (unpaired) electrons. The van der Waals surface area contributed by atoms with E-state index in [4.69, 9.17) is 0 Å². The lowest BCUT2D eigenvalue weighted by atomic mass is 10.1. The highest BCUT2D eigenvalue weighted by Gasteiger charge is 2.20. The number of carbonyl (C=O) groups excluding carboxylic acids is 2. The summed E-state index contributed by atoms with van der Waals surface area (Å²) in [6, 6.07) is 1.36. The third-order valence-corrected chi connectivity index (χ3v) is 5.13. The van der Waals surface area contributed by atoms with Gasteiger partial charge >= 0.3 is 0 Å². The van der Waals surface area contributed by atoms with E-state index in [9.17, 15) is 9.59 Å². The van der Waals surface area contributed by atoms with Crippen LogP contribution in [0.4, 0.5) is 5.82 Å². The first-order chi connectivity index (χ1) is 13.5. The van der Waals surface area contributed by atoms with Gasteiger partial charge in [0.1, 0.15) is 18.4 Å². The Labute approximate surface area is 165 Å². The van der Waals surface area contributed by atoms with Gasteiger partial charge in [-0.05, 0) is 32.1 Å². The maximum absolute atomic E-state index is 12.4. The van der Waals surface area contributed by atoms with Gasteiger partial charge < -0.3 is 15.0 Å². The minimum atomic E-state index is -0.617. The number of nitrogens with one attached hydrogen (secondary N) is 1. The first-order valence-corrected chi connectivity index (χ1v) is 9.83. The van der Waals surface area contributed by atoms with Crippen molar-refractivity contribution in [2.24, 2.45) is 5.92 Å². The highest BCUT2D eigenvalue weighted by molar-refractivity contribution is 5.91. The van der Waals surface area contributed by atoms with E-state index in [0.29, 0.717) is 18.9 Å². The lowest BCUT2D eigenvalue weighted by Crippen LogP contribution is -2.37. The Balaban J connectivity index is 1.55. The van der Waals surface area contributed by atoms with Crippen LogP contribution in [0.5, 0.6) is 0 Å². The molecule has 9 heteroatoms. The van der Waals surface area contributed by atoms with E-state index >= 15 is 0 Å². The van der Waals surface area contributed by atoms with Gasteiger partial charge in [-0.2, -0.15) is 5.10 Å². The Morgan fingerprint density at radius 2 is 2.11 bits per heavy atom. The molecule has 152 valence electrons. The number of aromatic nitrogens is 5. The number of carbonyl (C=O) groups is 2. The Morgan fingerprint density at radius 3 is 2.79 bits per heavy atom. The lowest BCUT2D eigenvalue weighted by molar-refractivity contribution is -0.109. The smallest absolute Gasteiger partial charge is 0.291 e. The molecule has 3 rings (SSSR count). The fraction of sp³-hybridized carbons (Fsp3) is 0.632. The van der Waals surface area contributed by atoms with Crippen LogP contribution >= 0.6 is 0 Å². The average Bonchev–Trinajstić information content (AvgIpc) is 3.40. The third-order valence-electron chi connectivity index (χ3n) is 5.13. The summed E-state index contributed by atoms with van der Waals surface area (Å²) in [4.78, 5) is 29.9. The van der Waals surface area contributed by atoms with Crippen LogP contribution in [-0.2, 0) is 17.9 Å². The van der Waals surface area contributed by atoms with Gasteiger partial charge in [0.05, 0.1) is 11.7 Å². The molecular weight excluding hydrogens is 358 g/mol. The van der Waals surface area contributed by atoms with Gasteiger partial charge in [-0.15, -0.1) is 5.10 Å².